The van der Waals surface area contributed by atoms with Gasteiger partial charge in [0.25, 0.3) is 0 Å². The summed E-state index contributed by atoms with van der Waals surface area (Å²) in [6.07, 6.45) is 9.86. The summed E-state index contributed by atoms with van der Waals surface area (Å²) in [6, 6.07) is 0. The van der Waals surface area contributed by atoms with Gasteiger partial charge in [-0.2, -0.15) is 0 Å². The summed E-state index contributed by atoms with van der Waals surface area (Å²) in [7, 11) is 0. The first kappa shape index (κ1) is 12.0. The third kappa shape index (κ3) is 10.3. The van der Waals surface area contributed by atoms with Gasteiger partial charge in [0.2, 0.25) is 0 Å². The van der Waals surface area contributed by atoms with E-state index in [-0.39, 0.29) is 7.43 Å². The fourth-order valence-electron chi connectivity index (χ4n) is 0.481. The Hall–Kier alpha value is -0.700. The van der Waals surface area contributed by atoms with Crippen molar-refractivity contribution in [1.82, 2.24) is 0 Å². The Balaban J connectivity index is 0. The summed E-state index contributed by atoms with van der Waals surface area (Å²) >= 11 is 0. The third-order valence-corrected chi connectivity index (χ3v) is 0.944. The summed E-state index contributed by atoms with van der Waals surface area (Å²) in [4.78, 5) is 0. The van der Waals surface area contributed by atoms with Crippen LogP contribution in [0.5, 0.6) is 0 Å². The molecule has 0 aliphatic carbocycles. The maximum atomic E-state index is 5.02. The molecule has 0 heteroatoms. The van der Waals surface area contributed by atoms with Crippen LogP contribution in [0.4, 0.5) is 0 Å². The van der Waals surface area contributed by atoms with E-state index in [9.17, 15) is 0 Å². The van der Waals surface area contributed by atoms with Crippen LogP contribution >= 0.6 is 0 Å². The summed E-state index contributed by atoms with van der Waals surface area (Å²) in [6.45, 7) is 6.57. The zero-order valence-electron chi connectivity index (χ0n) is 6.44. The Labute approximate surface area is 65.3 Å². The zero-order valence-corrected chi connectivity index (χ0v) is 6.44. The lowest BCUT2D eigenvalue weighted by molar-refractivity contribution is 0.420. The molecule has 10 heavy (non-hydrogen) atoms. The third-order valence-electron chi connectivity index (χ3n) is 0.944. The monoisotopic (exact) mass is 138 g/mol. The highest BCUT2D eigenvalue weighted by atomic mass is 14.1. The fraction of sp³-hybridized carbons (Fsp3) is 0.600. The Kier molecular flexibility index (Phi) is 6.15. The van der Waals surface area contributed by atoms with Gasteiger partial charge in [-0.25, -0.2) is 0 Å². The average molecular weight is 138 g/mol. The van der Waals surface area contributed by atoms with Crippen molar-refractivity contribution in [1.29, 1.82) is 0 Å². The highest BCUT2D eigenvalue weighted by molar-refractivity contribution is 5.09. The molecule has 0 nitrogen and oxygen atoms in total. The maximum Gasteiger partial charge on any atom is -0.0161 e. The van der Waals surface area contributed by atoms with Gasteiger partial charge < -0.3 is 0 Å². The van der Waals surface area contributed by atoms with E-state index in [1.54, 1.807) is 6.08 Å². The average Bonchev–Trinajstić information content (AvgIpc) is 1.63. The van der Waals surface area contributed by atoms with Crippen molar-refractivity contribution in [2.24, 2.45) is 5.41 Å². The number of hydrogen-bond acceptors (Lipinski definition) is 0. The van der Waals surface area contributed by atoms with Crippen molar-refractivity contribution in [2.75, 3.05) is 0 Å². The van der Waals surface area contributed by atoms with Crippen LogP contribution in [0.25, 0.3) is 0 Å². The molecule has 0 aromatic heterocycles. The molecule has 58 valence electrons. The molecule has 0 aromatic carbocycles. The van der Waals surface area contributed by atoms with Gasteiger partial charge in [-0.15, -0.1) is 6.42 Å². The van der Waals surface area contributed by atoms with Crippen molar-refractivity contribution in [3.05, 3.63) is 12.2 Å². The Bertz CT molecular complexity index is 127. The predicted molar refractivity (Wildman–Crippen MR) is 48.8 cm³/mol. The molecule has 0 heterocycles. The van der Waals surface area contributed by atoms with E-state index < -0.39 is 0 Å². The summed E-state index contributed by atoms with van der Waals surface area (Å²) < 4.78 is 0. The van der Waals surface area contributed by atoms with Gasteiger partial charge in [-0.1, -0.05) is 40.2 Å². The quantitative estimate of drug-likeness (QED) is 0.488. The molecule has 0 spiro atoms. The molecule has 0 aliphatic heterocycles. The molecular weight excluding hydrogens is 120 g/mol. The lowest BCUT2D eigenvalue weighted by atomic mass is 9.92. The topological polar surface area (TPSA) is 0 Å². The molecule has 0 saturated carbocycles. The molecule has 0 amide bonds. The van der Waals surface area contributed by atoms with Crippen LogP contribution in [0.3, 0.4) is 0 Å². The minimum absolute atomic E-state index is 0. The SMILES string of the molecule is C.C#C/C=C/CC(C)(C)C. The first-order valence-electron chi connectivity index (χ1n) is 3.17. The molecule has 0 fully saturated rings. The van der Waals surface area contributed by atoms with Crippen LogP contribution in [0.2, 0.25) is 0 Å². The first-order valence-corrected chi connectivity index (χ1v) is 3.17. The van der Waals surface area contributed by atoms with Gasteiger partial charge in [-0.05, 0) is 17.9 Å². The van der Waals surface area contributed by atoms with E-state index in [0.29, 0.717) is 5.41 Å². The van der Waals surface area contributed by atoms with E-state index in [1.807, 2.05) is 6.08 Å². The lowest BCUT2D eigenvalue weighted by Crippen LogP contribution is -2.01. The Morgan fingerprint density at radius 3 is 2.20 bits per heavy atom. The van der Waals surface area contributed by atoms with Gasteiger partial charge in [0.15, 0.2) is 0 Å². The molecule has 0 atom stereocenters. The molecule has 0 rings (SSSR count). The smallest absolute Gasteiger partial charge is 0.0161 e. The van der Waals surface area contributed by atoms with Crippen molar-refractivity contribution in [3.63, 3.8) is 0 Å². The number of terminal acetylenes is 1. The van der Waals surface area contributed by atoms with E-state index >= 15 is 0 Å². The van der Waals surface area contributed by atoms with Gasteiger partial charge in [-0.3, -0.25) is 0 Å². The van der Waals surface area contributed by atoms with E-state index in [4.69, 9.17) is 6.42 Å². The van der Waals surface area contributed by atoms with Crippen molar-refractivity contribution in [3.8, 4) is 12.3 Å². The minimum Gasteiger partial charge on any atom is -0.115 e. The molecule has 0 unspecified atom stereocenters. The van der Waals surface area contributed by atoms with Crippen molar-refractivity contribution >= 4 is 0 Å². The second-order valence-electron chi connectivity index (χ2n) is 3.33. The van der Waals surface area contributed by atoms with Gasteiger partial charge in [0, 0.05) is 0 Å². The second kappa shape index (κ2) is 5.11. The fourth-order valence-corrected chi connectivity index (χ4v) is 0.481. The van der Waals surface area contributed by atoms with E-state index in [0.717, 1.165) is 6.42 Å². The second-order valence-corrected chi connectivity index (χ2v) is 3.33. The minimum atomic E-state index is 0. The predicted octanol–water partition coefficient (Wildman–Crippen LogP) is 3.25. The highest BCUT2D eigenvalue weighted by Crippen LogP contribution is 2.18. The lowest BCUT2D eigenvalue weighted by Gasteiger charge is -2.13. The number of hydrogen-bond donors (Lipinski definition) is 0. The standard InChI is InChI=1S/C9H14.CH4/c1-5-6-7-8-9(2,3)4;/h1,6-7H,8H2,2-4H3;1H4/b7-6+;. The highest BCUT2D eigenvalue weighted by Gasteiger charge is 2.05. The first-order chi connectivity index (χ1) is 4.06. The van der Waals surface area contributed by atoms with Crippen molar-refractivity contribution < 1.29 is 0 Å². The van der Waals surface area contributed by atoms with Crippen LogP contribution in [0.1, 0.15) is 34.6 Å². The Morgan fingerprint density at radius 2 is 1.90 bits per heavy atom. The molecular formula is C10H18. The van der Waals surface area contributed by atoms with Gasteiger partial charge in [0.05, 0.1) is 0 Å². The summed E-state index contributed by atoms with van der Waals surface area (Å²) in [5.74, 6) is 2.46. The van der Waals surface area contributed by atoms with E-state index in [1.165, 1.54) is 0 Å². The van der Waals surface area contributed by atoms with Crippen LogP contribution in [-0.4, -0.2) is 0 Å². The summed E-state index contributed by atoms with van der Waals surface area (Å²) in [5, 5.41) is 0. The zero-order chi connectivity index (χ0) is 7.33. The molecule has 0 aromatic rings. The molecule has 0 saturated heterocycles. The van der Waals surface area contributed by atoms with E-state index in [2.05, 4.69) is 26.7 Å². The molecule has 0 bridgehead atoms. The number of rotatable bonds is 1. The number of allylic oxidation sites excluding steroid dienone is 2. The summed E-state index contributed by atoms with van der Waals surface area (Å²) in [5.41, 5.74) is 0.368. The van der Waals surface area contributed by atoms with Crippen LogP contribution < -0.4 is 0 Å². The van der Waals surface area contributed by atoms with Crippen LogP contribution in [0.15, 0.2) is 12.2 Å². The van der Waals surface area contributed by atoms with Crippen LogP contribution in [-0.2, 0) is 0 Å². The Morgan fingerprint density at radius 1 is 1.40 bits per heavy atom. The maximum absolute atomic E-state index is 5.02. The molecule has 0 aliphatic rings. The van der Waals surface area contributed by atoms with Gasteiger partial charge >= 0.3 is 0 Å². The van der Waals surface area contributed by atoms with Gasteiger partial charge in [0.1, 0.15) is 0 Å². The normalized spacial score (nSPS) is 10.6. The molecule has 0 radical (unpaired) electrons. The largest absolute Gasteiger partial charge is 0.115 e. The molecule has 0 N–H and O–H groups in total. The van der Waals surface area contributed by atoms with Crippen LogP contribution in [0, 0.1) is 17.8 Å². The van der Waals surface area contributed by atoms with Crippen molar-refractivity contribution in [2.45, 2.75) is 34.6 Å².